The second-order valence-electron chi connectivity index (χ2n) is 10.5. The van der Waals surface area contributed by atoms with Crippen molar-refractivity contribution in [2.75, 3.05) is 47.5 Å². The number of methoxy groups -OCH3 is 3. The molecule has 1 aliphatic carbocycles. The fourth-order valence-corrected chi connectivity index (χ4v) is 6.01. The summed E-state index contributed by atoms with van der Waals surface area (Å²) in [6, 6.07) is 1.14. The van der Waals surface area contributed by atoms with Crippen LogP contribution in [-0.4, -0.2) is 79.8 Å². The van der Waals surface area contributed by atoms with Gasteiger partial charge in [0.2, 0.25) is 5.92 Å². The zero-order valence-electron chi connectivity index (χ0n) is 22.5. The maximum absolute atomic E-state index is 15.9. The van der Waals surface area contributed by atoms with Gasteiger partial charge in [-0.1, -0.05) is 0 Å². The predicted octanol–water partition coefficient (Wildman–Crippen LogP) is 2.82. The summed E-state index contributed by atoms with van der Waals surface area (Å²) in [5, 5.41) is 4.61. The van der Waals surface area contributed by atoms with E-state index in [1.807, 2.05) is 0 Å². The molecule has 39 heavy (non-hydrogen) atoms. The van der Waals surface area contributed by atoms with E-state index >= 15 is 4.39 Å². The Bertz CT molecular complexity index is 1350. The van der Waals surface area contributed by atoms with Gasteiger partial charge in [0.15, 0.2) is 11.2 Å². The van der Waals surface area contributed by atoms with Crippen molar-refractivity contribution >= 4 is 28.6 Å². The molecule has 0 spiro atoms. The van der Waals surface area contributed by atoms with Crippen molar-refractivity contribution in [3.05, 3.63) is 39.4 Å². The minimum Gasteiger partial charge on any atom is -0.494 e. The van der Waals surface area contributed by atoms with Gasteiger partial charge in [-0.05, 0) is 44.6 Å². The average molecular weight is 544 g/mol. The van der Waals surface area contributed by atoms with Crippen molar-refractivity contribution in [3.8, 4) is 5.75 Å². The van der Waals surface area contributed by atoms with Gasteiger partial charge < -0.3 is 18.8 Å². The van der Waals surface area contributed by atoms with E-state index in [2.05, 4.69) is 19.5 Å². The molecule has 3 aliphatic rings. The topological polar surface area (TPSA) is 107 Å². The lowest BCUT2D eigenvalue weighted by atomic mass is 9.88. The number of carbonyl (C=O) groups excluding carboxylic acids is 3. The van der Waals surface area contributed by atoms with E-state index in [-0.39, 0.29) is 17.3 Å². The molecule has 1 saturated carbocycles. The Morgan fingerprint density at radius 3 is 2.18 bits per heavy atom. The van der Waals surface area contributed by atoms with Gasteiger partial charge in [0.05, 0.1) is 37.8 Å². The second kappa shape index (κ2) is 11.1. The van der Waals surface area contributed by atoms with Gasteiger partial charge in [0, 0.05) is 49.9 Å². The van der Waals surface area contributed by atoms with Crippen LogP contribution < -0.4 is 10.2 Å². The van der Waals surface area contributed by atoms with Crippen molar-refractivity contribution in [1.82, 2.24) is 14.6 Å². The second-order valence-corrected chi connectivity index (χ2v) is 10.5. The first-order valence-electron chi connectivity index (χ1n) is 13.5. The summed E-state index contributed by atoms with van der Waals surface area (Å²) in [5.74, 6) is -5.69. The Balaban J connectivity index is 1.64. The molecule has 1 aromatic heterocycles. The van der Waals surface area contributed by atoms with E-state index < -0.39 is 40.4 Å². The predicted molar refractivity (Wildman–Crippen MR) is 139 cm³/mol. The number of rotatable bonds is 8. The first kappa shape index (κ1) is 27.3. The summed E-state index contributed by atoms with van der Waals surface area (Å²) in [6.07, 6.45) is 6.95. The van der Waals surface area contributed by atoms with Gasteiger partial charge >= 0.3 is 11.9 Å². The molecule has 5 rings (SSSR count). The van der Waals surface area contributed by atoms with Gasteiger partial charge in [0.1, 0.15) is 11.6 Å². The summed E-state index contributed by atoms with van der Waals surface area (Å²) in [5.41, 5.74) is -0.328. The molecule has 2 aromatic rings. The minimum absolute atomic E-state index is 0.0333. The number of ether oxygens (including phenoxy) is 3. The lowest BCUT2D eigenvalue weighted by molar-refractivity contribution is -0.155. The van der Waals surface area contributed by atoms with Gasteiger partial charge in [-0.15, -0.1) is 0 Å². The first-order chi connectivity index (χ1) is 18.8. The highest BCUT2D eigenvalue weighted by molar-refractivity contribution is 6.21. The summed E-state index contributed by atoms with van der Waals surface area (Å²) < 4.78 is 32.8. The number of carbonyl (C=O) groups is 3. The van der Waals surface area contributed by atoms with Gasteiger partial charge in [-0.2, -0.15) is 0 Å². The van der Waals surface area contributed by atoms with Crippen molar-refractivity contribution < 1.29 is 33.0 Å². The Labute approximate surface area is 225 Å². The Morgan fingerprint density at radius 2 is 1.59 bits per heavy atom. The molecule has 3 fully saturated rings. The highest BCUT2D eigenvalue weighted by Gasteiger charge is 2.40. The molecule has 1 atom stereocenters. The minimum atomic E-state index is -1.96. The van der Waals surface area contributed by atoms with E-state index in [1.165, 1.54) is 19.4 Å². The van der Waals surface area contributed by atoms with Crippen LogP contribution in [0.1, 0.15) is 66.4 Å². The van der Waals surface area contributed by atoms with Crippen LogP contribution in [-0.2, 0) is 19.1 Å². The van der Waals surface area contributed by atoms with E-state index in [4.69, 9.17) is 4.74 Å². The Morgan fingerprint density at radius 1 is 0.949 bits per heavy atom. The molecule has 210 valence electrons. The molecule has 2 aliphatic heterocycles. The zero-order valence-corrected chi connectivity index (χ0v) is 22.5. The zero-order chi connectivity index (χ0) is 27.8. The fraction of sp³-hybridized carbons (Fsp3) is 0.571. The van der Waals surface area contributed by atoms with Crippen LogP contribution >= 0.6 is 0 Å². The SMILES string of the molecule is COC(=O)C(C(=O)OC)C(=O)c1cn(C2CC2)c2c(OC)c(C3CCCN(N4CCCC4)C3)c(F)cc2c1=O. The fourth-order valence-electron chi connectivity index (χ4n) is 6.01. The Kier molecular flexibility index (Phi) is 7.73. The highest BCUT2D eigenvalue weighted by Crippen LogP contribution is 2.44. The van der Waals surface area contributed by atoms with Gasteiger partial charge in [-0.3, -0.25) is 19.2 Å². The Hall–Kier alpha value is -3.31. The normalized spacial score (nSPS) is 20.4. The molecule has 0 radical (unpaired) electrons. The number of benzene rings is 1. The number of Topliss-reactive ketones (excluding diaryl/α,β-unsaturated/α-hetero) is 1. The number of hydrogen-bond acceptors (Lipinski definition) is 9. The average Bonchev–Trinajstić information content (AvgIpc) is 3.64. The molecule has 3 heterocycles. The molecule has 11 heteroatoms. The maximum Gasteiger partial charge on any atom is 0.328 e. The van der Waals surface area contributed by atoms with Crippen LogP contribution in [0.15, 0.2) is 17.1 Å². The van der Waals surface area contributed by atoms with Crippen molar-refractivity contribution in [3.63, 3.8) is 0 Å². The largest absolute Gasteiger partial charge is 0.494 e. The van der Waals surface area contributed by atoms with Crippen LogP contribution in [0.2, 0.25) is 0 Å². The van der Waals surface area contributed by atoms with E-state index in [0.29, 0.717) is 23.4 Å². The molecule has 1 aromatic carbocycles. The van der Waals surface area contributed by atoms with Crippen molar-refractivity contribution in [2.24, 2.45) is 5.92 Å². The molecule has 0 N–H and O–H groups in total. The number of fused-ring (bicyclic) bond motifs is 1. The smallest absolute Gasteiger partial charge is 0.328 e. The number of pyridine rings is 1. The van der Waals surface area contributed by atoms with E-state index in [0.717, 1.165) is 72.4 Å². The standard InChI is InChI=1S/C28H34FN3O7/c1-37-26-21(16-7-6-12-31(14-16)30-10-4-5-11-30)20(29)13-18-23(26)32(17-8-9-17)15-19(24(18)33)25(34)22(27(35)38-2)28(36)39-3/h13,15-17,22H,4-12,14H2,1-3H3. The van der Waals surface area contributed by atoms with Crippen LogP contribution in [0.25, 0.3) is 10.9 Å². The molecule has 2 saturated heterocycles. The maximum atomic E-state index is 15.9. The number of halogens is 1. The highest BCUT2D eigenvalue weighted by atomic mass is 19.1. The lowest BCUT2D eigenvalue weighted by Crippen LogP contribution is -2.46. The number of esters is 2. The number of nitrogens with zero attached hydrogens (tertiary/aromatic N) is 3. The molecule has 0 amide bonds. The van der Waals surface area contributed by atoms with Crippen molar-refractivity contribution in [1.29, 1.82) is 0 Å². The summed E-state index contributed by atoms with van der Waals surface area (Å²) in [7, 11) is 3.53. The van der Waals surface area contributed by atoms with Crippen molar-refractivity contribution in [2.45, 2.75) is 50.5 Å². The monoisotopic (exact) mass is 543 g/mol. The quantitative estimate of drug-likeness (QED) is 0.282. The number of hydrogen-bond donors (Lipinski definition) is 0. The van der Waals surface area contributed by atoms with Crippen LogP contribution in [0.5, 0.6) is 5.75 Å². The van der Waals surface area contributed by atoms with Gasteiger partial charge in [-0.25, -0.2) is 14.4 Å². The third-order valence-electron chi connectivity index (χ3n) is 8.10. The first-order valence-corrected chi connectivity index (χ1v) is 13.5. The molecule has 0 bridgehead atoms. The van der Waals surface area contributed by atoms with E-state index in [1.54, 1.807) is 4.57 Å². The molecular formula is C28H34FN3O7. The molecule has 10 nitrogen and oxygen atoms in total. The lowest BCUT2D eigenvalue weighted by Gasteiger charge is -2.39. The number of hydrazine groups is 1. The van der Waals surface area contributed by atoms with E-state index in [9.17, 15) is 19.2 Å². The summed E-state index contributed by atoms with van der Waals surface area (Å²) in [6.45, 7) is 3.58. The number of aromatic nitrogens is 1. The number of ketones is 1. The third kappa shape index (κ3) is 4.93. The molecular weight excluding hydrogens is 509 g/mol. The summed E-state index contributed by atoms with van der Waals surface area (Å²) in [4.78, 5) is 51.6. The van der Waals surface area contributed by atoms with Crippen LogP contribution in [0.4, 0.5) is 4.39 Å². The number of piperidine rings is 1. The van der Waals surface area contributed by atoms with Crippen LogP contribution in [0.3, 0.4) is 0 Å². The molecule has 1 unspecified atom stereocenters. The third-order valence-corrected chi connectivity index (χ3v) is 8.10. The van der Waals surface area contributed by atoms with Crippen LogP contribution in [0, 0.1) is 11.7 Å². The summed E-state index contributed by atoms with van der Waals surface area (Å²) >= 11 is 0. The van der Waals surface area contributed by atoms with Gasteiger partial charge in [0.25, 0.3) is 0 Å².